The van der Waals surface area contributed by atoms with E-state index in [1.54, 1.807) is 7.11 Å². The van der Waals surface area contributed by atoms with Gasteiger partial charge in [-0.05, 0) is 26.2 Å². The molecule has 1 atom stereocenters. The Morgan fingerprint density at radius 3 is 2.47 bits per heavy atom. The fourth-order valence-corrected chi connectivity index (χ4v) is 2.69. The summed E-state index contributed by atoms with van der Waals surface area (Å²) < 4.78 is 4.96. The van der Waals surface area contributed by atoms with Gasteiger partial charge in [0.1, 0.15) is 0 Å². The molecule has 0 aromatic rings. The Kier molecular flexibility index (Phi) is 6.28. The molecule has 0 spiro atoms. The number of amides is 1. The van der Waals surface area contributed by atoms with Crippen LogP contribution in [0.3, 0.4) is 0 Å². The first-order valence-corrected chi connectivity index (χ1v) is 7.02. The Hall–Kier alpha value is -1.10. The van der Waals surface area contributed by atoms with Crippen LogP contribution in [-0.2, 0) is 14.3 Å². The number of nitrogens with one attached hydrogen (secondary N) is 1. The van der Waals surface area contributed by atoms with Crippen LogP contribution in [0.5, 0.6) is 0 Å². The van der Waals surface area contributed by atoms with Crippen molar-refractivity contribution in [3.63, 3.8) is 0 Å². The van der Waals surface area contributed by atoms with Crippen LogP contribution in [0.4, 0.5) is 0 Å². The van der Waals surface area contributed by atoms with Gasteiger partial charge in [0.05, 0.1) is 5.41 Å². The third kappa shape index (κ3) is 4.82. The average Bonchev–Trinajstić information content (AvgIpc) is 2.37. The number of carboxylic acid groups (broad SMARTS) is 1. The van der Waals surface area contributed by atoms with Gasteiger partial charge >= 0.3 is 5.97 Å². The molecule has 1 fully saturated rings. The maximum atomic E-state index is 12.0. The molecule has 1 unspecified atom stereocenters. The first-order valence-electron chi connectivity index (χ1n) is 7.02. The molecular formula is C14H25NO4. The van der Waals surface area contributed by atoms with Crippen LogP contribution in [0.15, 0.2) is 0 Å². The van der Waals surface area contributed by atoms with Crippen molar-refractivity contribution in [2.24, 2.45) is 5.41 Å². The zero-order valence-electron chi connectivity index (χ0n) is 11.9. The Bertz CT molecular complexity index is 311. The summed E-state index contributed by atoms with van der Waals surface area (Å²) >= 11 is 0. The largest absolute Gasteiger partial charge is 0.481 e. The second-order valence-electron chi connectivity index (χ2n) is 5.57. The zero-order valence-corrected chi connectivity index (χ0v) is 11.9. The third-order valence-electron chi connectivity index (χ3n) is 3.93. The van der Waals surface area contributed by atoms with E-state index in [2.05, 4.69) is 5.32 Å². The lowest BCUT2D eigenvalue weighted by Crippen LogP contribution is -2.41. The van der Waals surface area contributed by atoms with Crippen molar-refractivity contribution in [3.05, 3.63) is 0 Å². The molecule has 0 bridgehead atoms. The van der Waals surface area contributed by atoms with E-state index in [-0.39, 0.29) is 18.4 Å². The molecule has 1 aliphatic carbocycles. The maximum Gasteiger partial charge on any atom is 0.310 e. The lowest BCUT2D eigenvalue weighted by Gasteiger charge is -2.32. The summed E-state index contributed by atoms with van der Waals surface area (Å²) in [5.74, 6) is -0.986. The van der Waals surface area contributed by atoms with Crippen LogP contribution in [-0.4, -0.2) is 36.7 Å². The molecule has 0 saturated heterocycles. The number of methoxy groups -OCH3 is 1. The lowest BCUT2D eigenvalue weighted by atomic mass is 9.71. The maximum absolute atomic E-state index is 12.0. The highest BCUT2D eigenvalue weighted by atomic mass is 16.5. The number of hydrogen-bond acceptors (Lipinski definition) is 3. The lowest BCUT2D eigenvalue weighted by molar-refractivity contribution is -0.154. The number of hydrogen-bond donors (Lipinski definition) is 2. The van der Waals surface area contributed by atoms with Gasteiger partial charge in [0.15, 0.2) is 0 Å². The van der Waals surface area contributed by atoms with Crippen LogP contribution in [0.1, 0.15) is 51.9 Å². The van der Waals surface area contributed by atoms with Crippen molar-refractivity contribution in [1.82, 2.24) is 5.32 Å². The number of carboxylic acids is 1. The van der Waals surface area contributed by atoms with E-state index in [1.807, 2.05) is 6.92 Å². The minimum absolute atomic E-state index is 0.0156. The molecular weight excluding hydrogens is 246 g/mol. The van der Waals surface area contributed by atoms with Crippen molar-refractivity contribution in [2.45, 2.75) is 57.9 Å². The molecule has 0 aromatic carbocycles. The standard InChI is InChI=1S/C14H25NO4/c1-11(6-9-19-2)15-12(16)10-14(13(17)18)7-4-3-5-8-14/h11H,3-10H2,1-2H3,(H,15,16)(H,17,18). The molecule has 0 aromatic heterocycles. The number of carbonyl (C=O) groups excluding carboxylic acids is 1. The van der Waals surface area contributed by atoms with E-state index in [1.165, 1.54) is 0 Å². The molecule has 5 heteroatoms. The summed E-state index contributed by atoms with van der Waals surface area (Å²) in [6.45, 7) is 2.50. The Labute approximate surface area is 114 Å². The van der Waals surface area contributed by atoms with Crippen molar-refractivity contribution < 1.29 is 19.4 Å². The topological polar surface area (TPSA) is 75.6 Å². The molecule has 19 heavy (non-hydrogen) atoms. The number of ether oxygens (including phenoxy) is 1. The predicted octanol–water partition coefficient (Wildman–Crippen LogP) is 1.95. The van der Waals surface area contributed by atoms with Crippen molar-refractivity contribution in [3.8, 4) is 0 Å². The van der Waals surface area contributed by atoms with Gasteiger partial charge in [-0.25, -0.2) is 0 Å². The van der Waals surface area contributed by atoms with E-state index in [0.717, 1.165) is 25.7 Å². The molecule has 1 amide bonds. The van der Waals surface area contributed by atoms with Crippen LogP contribution in [0.2, 0.25) is 0 Å². The minimum atomic E-state index is -0.844. The van der Waals surface area contributed by atoms with E-state index in [0.29, 0.717) is 19.4 Å². The molecule has 0 aliphatic heterocycles. The molecule has 2 N–H and O–H groups in total. The van der Waals surface area contributed by atoms with Gasteiger partial charge in [0.25, 0.3) is 0 Å². The fraction of sp³-hybridized carbons (Fsp3) is 0.857. The van der Waals surface area contributed by atoms with Gasteiger partial charge in [0.2, 0.25) is 5.91 Å². The van der Waals surface area contributed by atoms with Crippen LogP contribution in [0, 0.1) is 5.41 Å². The van der Waals surface area contributed by atoms with E-state index < -0.39 is 11.4 Å². The Balaban J connectivity index is 2.50. The summed E-state index contributed by atoms with van der Waals surface area (Å²) in [6.07, 6.45) is 4.94. The Morgan fingerprint density at radius 2 is 1.95 bits per heavy atom. The molecule has 5 nitrogen and oxygen atoms in total. The quantitative estimate of drug-likeness (QED) is 0.742. The summed E-state index contributed by atoms with van der Waals surface area (Å²) in [4.78, 5) is 23.4. The van der Waals surface area contributed by atoms with E-state index >= 15 is 0 Å². The van der Waals surface area contributed by atoms with Gasteiger partial charge in [0, 0.05) is 26.2 Å². The van der Waals surface area contributed by atoms with Crippen molar-refractivity contribution >= 4 is 11.9 Å². The van der Waals surface area contributed by atoms with Crippen molar-refractivity contribution in [1.29, 1.82) is 0 Å². The second kappa shape index (κ2) is 7.48. The first-order chi connectivity index (χ1) is 9.00. The van der Waals surface area contributed by atoms with Crippen LogP contribution >= 0.6 is 0 Å². The third-order valence-corrected chi connectivity index (χ3v) is 3.93. The highest BCUT2D eigenvalue weighted by Gasteiger charge is 2.41. The van der Waals surface area contributed by atoms with Gasteiger partial charge in [-0.15, -0.1) is 0 Å². The second-order valence-corrected chi connectivity index (χ2v) is 5.57. The monoisotopic (exact) mass is 271 g/mol. The Morgan fingerprint density at radius 1 is 1.32 bits per heavy atom. The summed E-state index contributed by atoms with van der Waals surface area (Å²) in [5, 5.41) is 12.3. The van der Waals surface area contributed by atoms with Gasteiger partial charge in [-0.2, -0.15) is 0 Å². The molecule has 1 aliphatic rings. The average molecular weight is 271 g/mol. The molecule has 0 heterocycles. The smallest absolute Gasteiger partial charge is 0.310 e. The molecule has 1 rings (SSSR count). The normalized spacial score (nSPS) is 19.7. The van der Waals surface area contributed by atoms with Crippen LogP contribution < -0.4 is 5.32 Å². The molecule has 1 saturated carbocycles. The molecule has 110 valence electrons. The number of aliphatic carboxylic acids is 1. The van der Waals surface area contributed by atoms with Gasteiger partial charge < -0.3 is 15.2 Å². The van der Waals surface area contributed by atoms with Gasteiger partial charge in [-0.1, -0.05) is 19.3 Å². The minimum Gasteiger partial charge on any atom is -0.481 e. The van der Waals surface area contributed by atoms with E-state index in [9.17, 15) is 14.7 Å². The summed E-state index contributed by atoms with van der Waals surface area (Å²) in [6, 6.07) is 0.0156. The van der Waals surface area contributed by atoms with Crippen LogP contribution in [0.25, 0.3) is 0 Å². The van der Waals surface area contributed by atoms with Gasteiger partial charge in [-0.3, -0.25) is 9.59 Å². The number of rotatable bonds is 7. The number of carbonyl (C=O) groups is 2. The summed E-state index contributed by atoms with van der Waals surface area (Å²) in [5.41, 5.74) is -0.844. The highest BCUT2D eigenvalue weighted by Crippen LogP contribution is 2.39. The fourth-order valence-electron chi connectivity index (χ4n) is 2.69. The highest BCUT2D eigenvalue weighted by molar-refractivity contribution is 5.85. The predicted molar refractivity (Wildman–Crippen MR) is 71.9 cm³/mol. The van der Waals surface area contributed by atoms with E-state index in [4.69, 9.17) is 4.74 Å². The SMILES string of the molecule is COCCC(C)NC(=O)CC1(C(=O)O)CCCCC1. The van der Waals surface area contributed by atoms with Crippen molar-refractivity contribution in [2.75, 3.05) is 13.7 Å². The summed E-state index contributed by atoms with van der Waals surface area (Å²) in [7, 11) is 1.62. The molecule has 0 radical (unpaired) electrons. The zero-order chi connectivity index (χ0) is 14.3. The first kappa shape index (κ1) is 16.0.